The first-order chi connectivity index (χ1) is 9.61. The van der Waals surface area contributed by atoms with Gasteiger partial charge in [-0.05, 0) is 19.1 Å². The molecule has 1 aromatic carbocycles. The van der Waals surface area contributed by atoms with Crippen LogP contribution < -0.4 is 10.1 Å². The van der Waals surface area contributed by atoms with E-state index in [2.05, 4.69) is 15.4 Å². The van der Waals surface area contributed by atoms with Crippen molar-refractivity contribution in [1.82, 2.24) is 20.1 Å². The molecular weight excluding hydrogens is 259 g/mol. The summed E-state index contributed by atoms with van der Waals surface area (Å²) in [4.78, 5) is 4.15. The topological polar surface area (TPSA) is 52.0 Å². The van der Waals surface area contributed by atoms with Crippen LogP contribution in [0.15, 0.2) is 24.5 Å². The van der Waals surface area contributed by atoms with E-state index in [-0.39, 0.29) is 11.9 Å². The number of hydrogen-bond donors (Lipinski definition) is 1. The number of benzene rings is 1. The van der Waals surface area contributed by atoms with Crippen LogP contribution in [0, 0.1) is 5.82 Å². The first kappa shape index (κ1) is 14.5. The van der Waals surface area contributed by atoms with Gasteiger partial charge in [-0.15, -0.1) is 0 Å². The quantitative estimate of drug-likeness (QED) is 0.876. The largest absolute Gasteiger partial charge is 0.496 e. The predicted octanol–water partition coefficient (Wildman–Crippen LogP) is 1.86. The van der Waals surface area contributed by atoms with E-state index in [1.54, 1.807) is 30.3 Å². The SMILES string of the molecule is COc1cccc(F)c1C(C)NCCc1ncn(C)n1. The third-order valence-electron chi connectivity index (χ3n) is 3.11. The number of aromatic nitrogens is 3. The lowest BCUT2D eigenvalue weighted by molar-refractivity contribution is 0.394. The number of hydrogen-bond acceptors (Lipinski definition) is 4. The smallest absolute Gasteiger partial charge is 0.151 e. The maximum absolute atomic E-state index is 13.9. The molecule has 0 saturated heterocycles. The molecule has 0 spiro atoms. The predicted molar refractivity (Wildman–Crippen MR) is 74.1 cm³/mol. The van der Waals surface area contributed by atoms with E-state index in [1.807, 2.05) is 14.0 Å². The molecule has 5 nitrogen and oxygen atoms in total. The molecule has 1 aromatic heterocycles. The molecule has 0 amide bonds. The molecule has 1 atom stereocenters. The van der Waals surface area contributed by atoms with E-state index >= 15 is 0 Å². The van der Waals surface area contributed by atoms with Crippen molar-refractivity contribution in [3.8, 4) is 5.75 Å². The number of nitrogens with one attached hydrogen (secondary N) is 1. The highest BCUT2D eigenvalue weighted by molar-refractivity contribution is 5.36. The molecule has 0 saturated carbocycles. The first-order valence-electron chi connectivity index (χ1n) is 6.52. The Hall–Kier alpha value is -1.95. The second-order valence-electron chi connectivity index (χ2n) is 4.62. The number of rotatable bonds is 6. The summed E-state index contributed by atoms with van der Waals surface area (Å²) in [6.45, 7) is 2.58. The molecule has 20 heavy (non-hydrogen) atoms. The Morgan fingerprint density at radius 3 is 2.90 bits per heavy atom. The number of aryl methyl sites for hydroxylation is 1. The van der Waals surface area contributed by atoms with E-state index in [1.165, 1.54) is 6.07 Å². The average molecular weight is 278 g/mol. The van der Waals surface area contributed by atoms with Gasteiger partial charge in [-0.25, -0.2) is 9.37 Å². The first-order valence-corrected chi connectivity index (χ1v) is 6.52. The molecule has 0 aliphatic heterocycles. The van der Waals surface area contributed by atoms with E-state index < -0.39 is 0 Å². The van der Waals surface area contributed by atoms with Gasteiger partial charge in [0.25, 0.3) is 0 Å². The van der Waals surface area contributed by atoms with Crippen molar-refractivity contribution in [2.75, 3.05) is 13.7 Å². The zero-order chi connectivity index (χ0) is 14.5. The molecule has 0 radical (unpaired) electrons. The van der Waals surface area contributed by atoms with Crippen LogP contribution in [-0.4, -0.2) is 28.4 Å². The summed E-state index contributed by atoms with van der Waals surface area (Å²) < 4.78 is 20.8. The highest BCUT2D eigenvalue weighted by Gasteiger charge is 2.15. The lowest BCUT2D eigenvalue weighted by Gasteiger charge is -2.17. The summed E-state index contributed by atoms with van der Waals surface area (Å²) in [7, 11) is 3.37. The van der Waals surface area contributed by atoms with Crippen molar-refractivity contribution in [3.63, 3.8) is 0 Å². The van der Waals surface area contributed by atoms with Crippen LogP contribution in [0.5, 0.6) is 5.75 Å². The van der Waals surface area contributed by atoms with Crippen LogP contribution in [0.2, 0.25) is 0 Å². The second kappa shape index (κ2) is 6.47. The fraction of sp³-hybridized carbons (Fsp3) is 0.429. The average Bonchev–Trinajstić information content (AvgIpc) is 2.83. The van der Waals surface area contributed by atoms with Gasteiger partial charge in [0.1, 0.15) is 17.9 Å². The van der Waals surface area contributed by atoms with E-state index in [4.69, 9.17) is 4.74 Å². The Morgan fingerprint density at radius 1 is 1.45 bits per heavy atom. The lowest BCUT2D eigenvalue weighted by atomic mass is 10.1. The maximum atomic E-state index is 13.9. The van der Waals surface area contributed by atoms with Gasteiger partial charge in [-0.1, -0.05) is 6.07 Å². The molecule has 0 aliphatic rings. The van der Waals surface area contributed by atoms with Crippen LogP contribution in [0.1, 0.15) is 24.4 Å². The van der Waals surface area contributed by atoms with Gasteiger partial charge < -0.3 is 10.1 Å². The zero-order valence-electron chi connectivity index (χ0n) is 11.9. The van der Waals surface area contributed by atoms with Gasteiger partial charge >= 0.3 is 0 Å². The van der Waals surface area contributed by atoms with E-state index in [0.29, 0.717) is 24.3 Å². The summed E-state index contributed by atoms with van der Waals surface area (Å²) in [5.41, 5.74) is 0.545. The second-order valence-corrected chi connectivity index (χ2v) is 4.62. The van der Waals surface area contributed by atoms with Gasteiger partial charge in [-0.2, -0.15) is 5.10 Å². The molecule has 0 bridgehead atoms. The Morgan fingerprint density at radius 2 is 2.25 bits per heavy atom. The number of nitrogens with zero attached hydrogens (tertiary/aromatic N) is 3. The fourth-order valence-electron chi connectivity index (χ4n) is 2.12. The van der Waals surface area contributed by atoms with Gasteiger partial charge in [0, 0.05) is 31.6 Å². The summed E-state index contributed by atoms with van der Waals surface area (Å²) in [6, 6.07) is 4.70. The van der Waals surface area contributed by atoms with Crippen LogP contribution in [0.3, 0.4) is 0 Å². The lowest BCUT2D eigenvalue weighted by Crippen LogP contribution is -2.23. The van der Waals surface area contributed by atoms with E-state index in [9.17, 15) is 4.39 Å². The highest BCUT2D eigenvalue weighted by Crippen LogP contribution is 2.27. The Balaban J connectivity index is 1.96. The molecule has 1 unspecified atom stereocenters. The van der Waals surface area contributed by atoms with Gasteiger partial charge in [0.2, 0.25) is 0 Å². The molecular formula is C14H19FN4O. The Bertz CT molecular complexity index is 570. The molecule has 1 N–H and O–H groups in total. The Labute approximate surface area is 117 Å². The molecule has 0 aliphatic carbocycles. The van der Waals surface area contributed by atoms with Gasteiger partial charge in [0.05, 0.1) is 7.11 Å². The number of halogens is 1. The normalized spacial score (nSPS) is 12.4. The molecule has 2 rings (SSSR count). The minimum Gasteiger partial charge on any atom is -0.496 e. The molecule has 0 fully saturated rings. The minimum atomic E-state index is -0.264. The summed E-state index contributed by atoms with van der Waals surface area (Å²) in [5, 5.41) is 7.46. The van der Waals surface area contributed by atoms with Crippen LogP contribution in [0.25, 0.3) is 0 Å². The molecule has 108 valence electrons. The van der Waals surface area contributed by atoms with Gasteiger partial charge in [0.15, 0.2) is 5.82 Å². The van der Waals surface area contributed by atoms with Gasteiger partial charge in [-0.3, -0.25) is 4.68 Å². The molecule has 2 aromatic rings. The van der Waals surface area contributed by atoms with Crippen LogP contribution >= 0.6 is 0 Å². The summed E-state index contributed by atoms with van der Waals surface area (Å²) >= 11 is 0. The van der Waals surface area contributed by atoms with Crippen molar-refractivity contribution >= 4 is 0 Å². The third kappa shape index (κ3) is 3.33. The Kier molecular flexibility index (Phi) is 4.68. The van der Waals surface area contributed by atoms with Crippen LogP contribution in [0.4, 0.5) is 4.39 Å². The summed E-state index contributed by atoms with van der Waals surface area (Å²) in [6.07, 6.45) is 2.36. The number of ether oxygens (including phenoxy) is 1. The number of methoxy groups -OCH3 is 1. The zero-order valence-corrected chi connectivity index (χ0v) is 11.9. The molecule has 1 heterocycles. The monoisotopic (exact) mass is 278 g/mol. The van der Waals surface area contributed by atoms with Crippen molar-refractivity contribution in [1.29, 1.82) is 0 Å². The molecule has 6 heteroatoms. The standard InChI is InChI=1S/C14H19FN4O/c1-10(14-11(15)5-4-6-12(14)20-3)16-8-7-13-17-9-19(2)18-13/h4-6,9-10,16H,7-8H2,1-3H3. The fourth-order valence-corrected chi connectivity index (χ4v) is 2.12. The van der Waals surface area contributed by atoms with E-state index in [0.717, 1.165) is 5.82 Å². The maximum Gasteiger partial charge on any atom is 0.151 e. The summed E-state index contributed by atoms with van der Waals surface area (Å²) in [5.74, 6) is 1.06. The van der Waals surface area contributed by atoms with Crippen molar-refractivity contribution in [2.24, 2.45) is 7.05 Å². The minimum absolute atomic E-state index is 0.144. The third-order valence-corrected chi connectivity index (χ3v) is 3.11. The highest BCUT2D eigenvalue weighted by atomic mass is 19.1. The van der Waals surface area contributed by atoms with Crippen LogP contribution in [-0.2, 0) is 13.5 Å². The van der Waals surface area contributed by atoms with Crippen molar-refractivity contribution < 1.29 is 9.13 Å². The van der Waals surface area contributed by atoms with Crippen molar-refractivity contribution in [3.05, 3.63) is 41.7 Å². The van der Waals surface area contributed by atoms with Crippen molar-refractivity contribution in [2.45, 2.75) is 19.4 Å².